The van der Waals surface area contributed by atoms with Gasteiger partial charge in [0.15, 0.2) is 0 Å². The maximum Gasteiger partial charge on any atom is 0.0426 e. The number of pyridine rings is 1. The Labute approximate surface area is 106 Å². The minimum Gasteiger partial charge on any atom is -0.310 e. The lowest BCUT2D eigenvalue weighted by Crippen LogP contribution is -2.28. The maximum atomic E-state index is 4.67. The topological polar surface area (TPSA) is 24.9 Å². The second-order valence-corrected chi connectivity index (χ2v) is 4.95. The van der Waals surface area contributed by atoms with Gasteiger partial charge in [0.25, 0.3) is 0 Å². The third kappa shape index (κ3) is 2.68. The molecule has 0 spiro atoms. The summed E-state index contributed by atoms with van der Waals surface area (Å²) in [5, 5.41) is 3.62. The monoisotopic (exact) mass is 234 g/mol. The molecule has 1 fully saturated rings. The van der Waals surface area contributed by atoms with Crippen molar-refractivity contribution in [2.24, 2.45) is 0 Å². The van der Waals surface area contributed by atoms with E-state index in [1.807, 2.05) is 0 Å². The third-order valence-electron chi connectivity index (χ3n) is 3.89. The van der Waals surface area contributed by atoms with Crippen LogP contribution in [0.4, 0.5) is 0 Å². The van der Waals surface area contributed by atoms with Crippen molar-refractivity contribution >= 4 is 0 Å². The molecule has 17 heavy (non-hydrogen) atoms. The molecule has 2 heteroatoms. The van der Waals surface area contributed by atoms with Crippen LogP contribution in [0.1, 0.15) is 60.8 Å². The molecular formula is C15H26N2. The molecule has 1 unspecified atom stereocenters. The Bertz CT molecular complexity index is 390. The average molecular weight is 234 g/mol. The highest BCUT2D eigenvalue weighted by molar-refractivity contribution is 5.40. The van der Waals surface area contributed by atoms with Gasteiger partial charge < -0.3 is 5.32 Å². The SMILES string of the molecule is C.Cc1nc(C)c(C2CCCCN2)c(C)c1C. The van der Waals surface area contributed by atoms with Crippen LogP contribution in [0.25, 0.3) is 0 Å². The van der Waals surface area contributed by atoms with Gasteiger partial charge in [-0.15, -0.1) is 0 Å². The molecule has 0 aliphatic carbocycles. The van der Waals surface area contributed by atoms with Crippen molar-refractivity contribution in [1.82, 2.24) is 10.3 Å². The lowest BCUT2D eigenvalue weighted by atomic mass is 9.90. The Balaban J connectivity index is 0.00000144. The van der Waals surface area contributed by atoms with Crippen LogP contribution in [-0.2, 0) is 0 Å². The second-order valence-electron chi connectivity index (χ2n) is 4.95. The second kappa shape index (κ2) is 5.63. The molecule has 0 radical (unpaired) electrons. The molecule has 2 rings (SSSR count). The first-order valence-corrected chi connectivity index (χ1v) is 6.29. The van der Waals surface area contributed by atoms with Crippen molar-refractivity contribution in [3.05, 3.63) is 28.1 Å². The summed E-state index contributed by atoms with van der Waals surface area (Å²) in [5.74, 6) is 0. The summed E-state index contributed by atoms with van der Waals surface area (Å²) >= 11 is 0. The van der Waals surface area contributed by atoms with Gasteiger partial charge in [0.2, 0.25) is 0 Å². The normalized spacial score (nSPS) is 19.9. The summed E-state index contributed by atoms with van der Waals surface area (Å²) in [6.45, 7) is 9.82. The molecule has 1 atom stereocenters. The van der Waals surface area contributed by atoms with Crippen molar-refractivity contribution in [2.75, 3.05) is 6.54 Å². The van der Waals surface area contributed by atoms with Gasteiger partial charge >= 0.3 is 0 Å². The number of nitrogens with one attached hydrogen (secondary N) is 1. The van der Waals surface area contributed by atoms with E-state index in [1.54, 1.807) is 0 Å². The van der Waals surface area contributed by atoms with Crippen molar-refractivity contribution in [2.45, 2.75) is 60.4 Å². The Morgan fingerprint density at radius 2 is 1.71 bits per heavy atom. The average Bonchev–Trinajstić information content (AvgIpc) is 2.28. The van der Waals surface area contributed by atoms with Crippen molar-refractivity contribution in [1.29, 1.82) is 0 Å². The molecule has 1 aliphatic rings. The van der Waals surface area contributed by atoms with Crippen LogP contribution in [0.5, 0.6) is 0 Å². The van der Waals surface area contributed by atoms with Crippen molar-refractivity contribution in [3.63, 3.8) is 0 Å². The van der Waals surface area contributed by atoms with E-state index in [-0.39, 0.29) is 7.43 Å². The summed E-state index contributed by atoms with van der Waals surface area (Å²) < 4.78 is 0. The Hall–Kier alpha value is -0.890. The van der Waals surface area contributed by atoms with Gasteiger partial charge in [-0.25, -0.2) is 0 Å². The number of rotatable bonds is 1. The van der Waals surface area contributed by atoms with E-state index in [0.717, 1.165) is 6.54 Å². The molecule has 0 aromatic carbocycles. The fraction of sp³-hybridized carbons (Fsp3) is 0.667. The van der Waals surface area contributed by atoms with Gasteiger partial charge in [-0.1, -0.05) is 13.8 Å². The maximum absolute atomic E-state index is 4.67. The fourth-order valence-corrected chi connectivity index (χ4v) is 2.75. The quantitative estimate of drug-likeness (QED) is 0.800. The van der Waals surface area contributed by atoms with E-state index < -0.39 is 0 Å². The fourth-order valence-electron chi connectivity index (χ4n) is 2.75. The zero-order chi connectivity index (χ0) is 11.7. The molecule has 2 heterocycles. The molecule has 1 aliphatic heterocycles. The van der Waals surface area contributed by atoms with Crippen LogP contribution in [0.15, 0.2) is 0 Å². The minimum absolute atomic E-state index is 0. The molecular weight excluding hydrogens is 208 g/mol. The number of aromatic nitrogens is 1. The van der Waals surface area contributed by atoms with Crippen molar-refractivity contribution in [3.8, 4) is 0 Å². The van der Waals surface area contributed by atoms with Gasteiger partial charge in [-0.2, -0.15) is 0 Å². The number of aryl methyl sites for hydroxylation is 2. The highest BCUT2D eigenvalue weighted by atomic mass is 14.9. The zero-order valence-electron chi connectivity index (χ0n) is 10.9. The lowest BCUT2D eigenvalue weighted by Gasteiger charge is -2.27. The Kier molecular flexibility index (Phi) is 4.70. The van der Waals surface area contributed by atoms with E-state index in [2.05, 4.69) is 38.0 Å². The van der Waals surface area contributed by atoms with Crippen LogP contribution >= 0.6 is 0 Å². The van der Waals surface area contributed by atoms with Crippen LogP contribution in [-0.4, -0.2) is 11.5 Å². The van der Waals surface area contributed by atoms with Gasteiger partial charge in [-0.3, -0.25) is 4.98 Å². The molecule has 1 N–H and O–H groups in total. The van der Waals surface area contributed by atoms with Crippen LogP contribution in [0, 0.1) is 27.7 Å². The summed E-state index contributed by atoms with van der Waals surface area (Å²) in [7, 11) is 0. The van der Waals surface area contributed by atoms with Crippen LogP contribution in [0.3, 0.4) is 0 Å². The highest BCUT2D eigenvalue weighted by Crippen LogP contribution is 2.29. The molecule has 0 bridgehead atoms. The van der Waals surface area contributed by atoms with Gasteiger partial charge in [0.05, 0.1) is 0 Å². The molecule has 96 valence electrons. The first kappa shape index (κ1) is 14.2. The molecule has 0 saturated carbocycles. The van der Waals surface area contributed by atoms with E-state index in [4.69, 9.17) is 0 Å². The Morgan fingerprint density at radius 1 is 1.00 bits per heavy atom. The summed E-state index contributed by atoms with van der Waals surface area (Å²) in [4.78, 5) is 4.67. The van der Waals surface area contributed by atoms with Gasteiger partial charge in [0, 0.05) is 17.4 Å². The number of piperidine rings is 1. The zero-order valence-corrected chi connectivity index (χ0v) is 10.9. The van der Waals surface area contributed by atoms with E-state index in [0.29, 0.717) is 6.04 Å². The number of hydrogen-bond acceptors (Lipinski definition) is 2. The predicted octanol–water partition coefficient (Wildman–Crippen LogP) is 3.77. The number of hydrogen-bond donors (Lipinski definition) is 1. The largest absolute Gasteiger partial charge is 0.310 e. The van der Waals surface area contributed by atoms with E-state index >= 15 is 0 Å². The standard InChI is InChI=1S/C14H22N2.CH4/c1-9-10(2)14(12(4)16-11(9)3)13-7-5-6-8-15-13;/h13,15H,5-8H2,1-4H3;1H4. The predicted molar refractivity (Wildman–Crippen MR) is 74.5 cm³/mol. The first-order valence-electron chi connectivity index (χ1n) is 6.29. The van der Waals surface area contributed by atoms with Gasteiger partial charge in [0.1, 0.15) is 0 Å². The Morgan fingerprint density at radius 3 is 2.29 bits per heavy atom. The smallest absolute Gasteiger partial charge is 0.0426 e. The summed E-state index contributed by atoms with van der Waals surface area (Å²) in [5.41, 5.74) is 6.62. The van der Waals surface area contributed by atoms with Crippen molar-refractivity contribution < 1.29 is 0 Å². The lowest BCUT2D eigenvalue weighted by molar-refractivity contribution is 0.408. The molecule has 1 aromatic rings. The van der Waals surface area contributed by atoms with Crippen LogP contribution in [0.2, 0.25) is 0 Å². The van der Waals surface area contributed by atoms with Crippen LogP contribution < -0.4 is 5.32 Å². The molecule has 1 saturated heterocycles. The summed E-state index contributed by atoms with van der Waals surface area (Å²) in [6, 6.07) is 0.528. The number of nitrogens with zero attached hydrogens (tertiary/aromatic N) is 1. The highest BCUT2D eigenvalue weighted by Gasteiger charge is 2.20. The van der Waals surface area contributed by atoms with Gasteiger partial charge in [-0.05, 0) is 63.8 Å². The molecule has 0 amide bonds. The molecule has 2 nitrogen and oxygen atoms in total. The summed E-state index contributed by atoms with van der Waals surface area (Å²) in [6.07, 6.45) is 3.90. The first-order chi connectivity index (χ1) is 7.61. The van der Waals surface area contributed by atoms with E-state index in [9.17, 15) is 0 Å². The minimum atomic E-state index is 0. The third-order valence-corrected chi connectivity index (χ3v) is 3.89. The molecule has 1 aromatic heterocycles. The van der Waals surface area contributed by atoms with E-state index in [1.165, 1.54) is 47.3 Å².